The molecule has 0 aromatic heterocycles. The van der Waals surface area contributed by atoms with Gasteiger partial charge in [0.15, 0.2) is 6.42 Å². The van der Waals surface area contributed by atoms with Crippen LogP contribution in [0.4, 0.5) is 0 Å². The maximum absolute atomic E-state index is 8.56. The summed E-state index contributed by atoms with van der Waals surface area (Å²) in [6.45, 7) is 21.0. The van der Waals surface area contributed by atoms with Crippen LogP contribution in [0.5, 0.6) is 0 Å². The van der Waals surface area contributed by atoms with Crippen molar-refractivity contribution in [3.05, 3.63) is 57.2 Å². The minimum Gasteiger partial charge on any atom is -0.227 e. The molecule has 0 heterocycles. The second-order valence-corrected chi connectivity index (χ2v) is 7.03. The van der Waals surface area contributed by atoms with Crippen LogP contribution in [0.1, 0.15) is 71.6 Å². The number of terminal acetylenes is 2. The molecule has 0 unspecified atom stereocenters. The molecule has 2 aliphatic rings. The highest BCUT2D eigenvalue weighted by Crippen LogP contribution is 2.34. The van der Waals surface area contributed by atoms with Crippen molar-refractivity contribution in [2.45, 2.75) is 77.3 Å². The van der Waals surface area contributed by atoms with Gasteiger partial charge in [-0.2, -0.15) is 0 Å². The molecule has 0 atom stereocenters. The Balaban J connectivity index is 0. The minimum absolute atomic E-state index is 0. The lowest BCUT2D eigenvalue weighted by molar-refractivity contribution is 0.597. The second-order valence-electron chi connectivity index (χ2n) is 6.47. The summed E-state index contributed by atoms with van der Waals surface area (Å²) < 4.78 is 0. The third kappa shape index (κ3) is 10.0. The summed E-state index contributed by atoms with van der Waals surface area (Å²) >= 11 is 3.01. The van der Waals surface area contributed by atoms with Gasteiger partial charge in [0.25, 0.3) is 5.70 Å². The van der Waals surface area contributed by atoms with Crippen molar-refractivity contribution in [2.75, 3.05) is 5.33 Å². The molecule has 0 aliphatic heterocycles. The summed E-state index contributed by atoms with van der Waals surface area (Å²) in [7, 11) is 0. The van der Waals surface area contributed by atoms with Gasteiger partial charge in [0, 0.05) is 0 Å². The molecule has 156 valence electrons. The standard InChI is InChI=1S/C12H12N2.C9H10N2.C3H3Br.CH4/c1-4-10-12(13-2,14-3)11-8-6-5-7-9-11;1-11-9(7-10)8-5-3-2-4-6-8;1-2-3-4;/h1,8H,5-7,9-10H2;2-6H2;1H,3H2;1H4. The molecule has 0 aromatic carbocycles. The number of halogens is 1. The molecule has 0 amide bonds. The molecule has 2 aliphatic carbocycles. The van der Waals surface area contributed by atoms with Gasteiger partial charge in [-0.3, -0.25) is 0 Å². The molecule has 0 radical (unpaired) electrons. The van der Waals surface area contributed by atoms with Gasteiger partial charge in [-0.05, 0) is 38.5 Å². The van der Waals surface area contributed by atoms with Gasteiger partial charge in [0.1, 0.15) is 0 Å². The van der Waals surface area contributed by atoms with Crippen molar-refractivity contribution in [3.63, 3.8) is 0 Å². The summed E-state index contributed by atoms with van der Waals surface area (Å²) in [6.07, 6.45) is 21.7. The van der Waals surface area contributed by atoms with Gasteiger partial charge in [-0.1, -0.05) is 66.1 Å². The highest BCUT2D eigenvalue weighted by molar-refractivity contribution is 9.09. The normalized spacial score (nSPS) is 14.2. The van der Waals surface area contributed by atoms with E-state index in [9.17, 15) is 0 Å². The first-order chi connectivity index (χ1) is 14.1. The van der Waals surface area contributed by atoms with E-state index >= 15 is 0 Å². The molecule has 0 N–H and O–H groups in total. The van der Waals surface area contributed by atoms with E-state index in [1.165, 1.54) is 6.42 Å². The molecule has 0 spiro atoms. The summed E-state index contributed by atoms with van der Waals surface area (Å²) in [5.74, 6) is 4.79. The summed E-state index contributed by atoms with van der Waals surface area (Å²) in [4.78, 5) is 10.1. The van der Waals surface area contributed by atoms with Crippen molar-refractivity contribution < 1.29 is 0 Å². The Hall–Kier alpha value is -2.96. The van der Waals surface area contributed by atoms with Gasteiger partial charge >= 0.3 is 5.66 Å². The number of hydrogen-bond acceptors (Lipinski definition) is 1. The number of nitriles is 1. The van der Waals surface area contributed by atoms with Crippen LogP contribution in [0.15, 0.2) is 22.9 Å². The first kappa shape index (κ1) is 29.2. The highest BCUT2D eigenvalue weighted by atomic mass is 79.9. The van der Waals surface area contributed by atoms with E-state index in [4.69, 9.17) is 37.8 Å². The predicted molar refractivity (Wildman–Crippen MR) is 128 cm³/mol. The van der Waals surface area contributed by atoms with E-state index in [2.05, 4.69) is 42.3 Å². The maximum Gasteiger partial charge on any atom is 0.516 e. The average molecular weight is 465 g/mol. The van der Waals surface area contributed by atoms with Crippen molar-refractivity contribution in [1.29, 1.82) is 5.26 Å². The first-order valence-corrected chi connectivity index (χ1v) is 10.6. The maximum atomic E-state index is 8.56. The monoisotopic (exact) mass is 464 g/mol. The molecule has 0 saturated heterocycles. The molecule has 0 aromatic rings. The Bertz CT molecular complexity index is 801. The van der Waals surface area contributed by atoms with Gasteiger partial charge in [0.2, 0.25) is 0 Å². The fraction of sp³-hybridized carbons (Fsp3) is 0.520. The molecule has 4 nitrogen and oxygen atoms in total. The van der Waals surface area contributed by atoms with Crippen LogP contribution in [-0.2, 0) is 0 Å². The molecule has 0 bridgehead atoms. The Kier molecular flexibility index (Phi) is 17.6. The topological polar surface area (TPSA) is 36.9 Å². The quantitative estimate of drug-likeness (QED) is 0.138. The van der Waals surface area contributed by atoms with Crippen LogP contribution in [0.3, 0.4) is 0 Å². The Morgan fingerprint density at radius 1 is 1.03 bits per heavy atom. The molecule has 1 saturated carbocycles. The van der Waals surface area contributed by atoms with E-state index in [1.54, 1.807) is 0 Å². The van der Waals surface area contributed by atoms with Crippen molar-refractivity contribution >= 4 is 15.9 Å². The van der Waals surface area contributed by atoms with Gasteiger partial charge in [0.05, 0.1) is 23.5 Å². The van der Waals surface area contributed by atoms with Crippen LogP contribution in [-0.4, -0.2) is 11.0 Å². The second kappa shape index (κ2) is 18.1. The van der Waals surface area contributed by atoms with E-state index in [0.29, 0.717) is 11.0 Å². The van der Waals surface area contributed by atoms with Crippen LogP contribution >= 0.6 is 15.9 Å². The SMILES string of the molecule is C.C#CCBr.[C-]#[N+]C(C#N)=C1CCCCC1.[C-]#[N+]C(CC#C)([N+]#[C-])C1=CCCCC1. The number of allylic oxidation sites excluding steroid dienone is 3. The average Bonchev–Trinajstić information content (AvgIpc) is 2.80. The Morgan fingerprint density at radius 2 is 1.60 bits per heavy atom. The lowest BCUT2D eigenvalue weighted by Gasteiger charge is -2.14. The smallest absolute Gasteiger partial charge is 0.227 e. The van der Waals surface area contributed by atoms with Crippen molar-refractivity contribution in [2.24, 2.45) is 0 Å². The molecule has 2 rings (SSSR count). The van der Waals surface area contributed by atoms with Crippen LogP contribution in [0.25, 0.3) is 14.5 Å². The van der Waals surface area contributed by atoms with E-state index < -0.39 is 5.66 Å². The zero-order valence-corrected chi connectivity index (χ0v) is 18.3. The Morgan fingerprint density at radius 3 is 1.97 bits per heavy atom. The summed E-state index contributed by atoms with van der Waals surface area (Å²) in [6, 6.07) is 1.95. The zero-order valence-electron chi connectivity index (χ0n) is 16.7. The predicted octanol–water partition coefficient (Wildman–Crippen LogP) is 7.34. The third-order valence-electron chi connectivity index (χ3n) is 4.61. The molecule has 30 heavy (non-hydrogen) atoms. The van der Waals surface area contributed by atoms with E-state index in [-0.39, 0.29) is 13.8 Å². The zero-order chi connectivity index (χ0) is 22.0. The molecular weight excluding hydrogens is 436 g/mol. The highest BCUT2D eigenvalue weighted by Gasteiger charge is 2.47. The van der Waals surface area contributed by atoms with Crippen LogP contribution < -0.4 is 0 Å². The Labute approximate surface area is 191 Å². The number of nitrogens with zero attached hydrogens (tertiary/aromatic N) is 4. The lowest BCUT2D eigenvalue weighted by Crippen LogP contribution is -2.23. The molecule has 1 fully saturated rings. The van der Waals surface area contributed by atoms with E-state index in [0.717, 1.165) is 62.5 Å². The van der Waals surface area contributed by atoms with Gasteiger partial charge in [-0.25, -0.2) is 32.9 Å². The van der Waals surface area contributed by atoms with Crippen LogP contribution in [0, 0.1) is 55.7 Å². The minimum atomic E-state index is -1.09. The van der Waals surface area contributed by atoms with Crippen molar-refractivity contribution in [3.8, 4) is 30.8 Å². The molecular formula is C25H29BrN4. The van der Waals surface area contributed by atoms with Crippen molar-refractivity contribution in [1.82, 2.24) is 0 Å². The number of alkyl halides is 1. The third-order valence-corrected chi connectivity index (χ3v) is 4.93. The van der Waals surface area contributed by atoms with E-state index in [1.807, 2.05) is 12.1 Å². The number of rotatable bonds is 2. The van der Waals surface area contributed by atoms with Gasteiger partial charge < -0.3 is 0 Å². The summed E-state index contributed by atoms with van der Waals surface area (Å²) in [5, 5.41) is 9.22. The number of hydrogen-bond donors (Lipinski definition) is 0. The first-order valence-electron chi connectivity index (χ1n) is 9.48. The summed E-state index contributed by atoms with van der Waals surface area (Å²) in [5.41, 5.74) is 1.26. The lowest BCUT2D eigenvalue weighted by atomic mass is 9.88. The fourth-order valence-electron chi connectivity index (χ4n) is 3.10. The van der Waals surface area contributed by atoms with Crippen LogP contribution in [0.2, 0.25) is 0 Å². The van der Waals surface area contributed by atoms with Gasteiger partial charge in [-0.15, -0.1) is 12.8 Å². The fourth-order valence-corrected chi connectivity index (χ4v) is 3.10. The largest absolute Gasteiger partial charge is 0.516 e. The molecule has 5 heteroatoms.